The Balaban J connectivity index is 2.42. The van der Waals surface area contributed by atoms with Gasteiger partial charge >= 0.3 is 0 Å². The van der Waals surface area contributed by atoms with Gasteiger partial charge in [0.2, 0.25) is 10.0 Å². The standard InChI is InChI=1S/C10H9NO3S/c11-15(12,13)10-3-1-8(2-4-10)9-5-6-14-7-9/h1-7H,(H2,11,12,13). The molecule has 2 aromatic rings. The fourth-order valence-electron chi connectivity index (χ4n) is 1.27. The summed E-state index contributed by atoms with van der Waals surface area (Å²) in [6, 6.07) is 8.11. The predicted octanol–water partition coefficient (Wildman–Crippen LogP) is 1.59. The van der Waals surface area contributed by atoms with E-state index in [1.54, 1.807) is 30.7 Å². The molecule has 0 radical (unpaired) electrons. The van der Waals surface area contributed by atoms with Gasteiger partial charge in [-0.1, -0.05) is 12.1 Å². The molecule has 0 aliphatic heterocycles. The quantitative estimate of drug-likeness (QED) is 0.840. The number of rotatable bonds is 2. The van der Waals surface area contributed by atoms with Crippen molar-refractivity contribution in [1.29, 1.82) is 0 Å². The van der Waals surface area contributed by atoms with Crippen LogP contribution in [-0.2, 0) is 10.0 Å². The smallest absolute Gasteiger partial charge is 0.238 e. The Labute approximate surface area is 87.4 Å². The Morgan fingerprint density at radius 3 is 2.13 bits per heavy atom. The first-order valence-electron chi connectivity index (χ1n) is 4.23. The van der Waals surface area contributed by atoms with Crippen molar-refractivity contribution in [2.45, 2.75) is 4.90 Å². The molecule has 0 aliphatic rings. The van der Waals surface area contributed by atoms with Crippen LogP contribution in [0.1, 0.15) is 0 Å². The third kappa shape index (κ3) is 2.08. The minimum absolute atomic E-state index is 0.106. The van der Waals surface area contributed by atoms with E-state index in [0.29, 0.717) is 0 Å². The summed E-state index contributed by atoms with van der Waals surface area (Å²) in [5.41, 5.74) is 1.78. The minimum atomic E-state index is -3.61. The van der Waals surface area contributed by atoms with Gasteiger partial charge in [-0.15, -0.1) is 0 Å². The van der Waals surface area contributed by atoms with Crippen LogP contribution in [0.15, 0.2) is 52.2 Å². The van der Waals surface area contributed by atoms with Gasteiger partial charge in [0.25, 0.3) is 0 Å². The summed E-state index contributed by atoms with van der Waals surface area (Å²) in [5.74, 6) is 0. The molecular formula is C10H9NO3S. The molecule has 0 atom stereocenters. The maximum absolute atomic E-state index is 11.0. The highest BCUT2D eigenvalue weighted by atomic mass is 32.2. The summed E-state index contributed by atoms with van der Waals surface area (Å²) in [7, 11) is -3.61. The number of benzene rings is 1. The van der Waals surface area contributed by atoms with Crippen LogP contribution in [-0.4, -0.2) is 8.42 Å². The summed E-state index contributed by atoms with van der Waals surface area (Å²) in [6.45, 7) is 0. The van der Waals surface area contributed by atoms with Crippen molar-refractivity contribution in [2.75, 3.05) is 0 Å². The second-order valence-corrected chi connectivity index (χ2v) is 4.64. The molecule has 78 valence electrons. The van der Waals surface area contributed by atoms with E-state index in [2.05, 4.69) is 0 Å². The van der Waals surface area contributed by atoms with E-state index in [9.17, 15) is 8.42 Å². The van der Waals surface area contributed by atoms with Crippen molar-refractivity contribution < 1.29 is 12.8 Å². The number of nitrogens with two attached hydrogens (primary N) is 1. The van der Waals surface area contributed by atoms with Crippen LogP contribution in [0, 0.1) is 0 Å². The lowest BCUT2D eigenvalue weighted by molar-refractivity contribution is 0.568. The van der Waals surface area contributed by atoms with Crippen LogP contribution in [0.25, 0.3) is 11.1 Å². The Hall–Kier alpha value is -1.59. The summed E-state index contributed by atoms with van der Waals surface area (Å²) < 4.78 is 26.9. The zero-order chi connectivity index (χ0) is 10.9. The van der Waals surface area contributed by atoms with Crippen LogP contribution >= 0.6 is 0 Å². The molecule has 0 saturated carbocycles. The number of primary sulfonamides is 1. The van der Waals surface area contributed by atoms with Crippen molar-refractivity contribution >= 4 is 10.0 Å². The van der Waals surface area contributed by atoms with Gasteiger partial charge in [0, 0.05) is 5.56 Å². The van der Waals surface area contributed by atoms with Gasteiger partial charge in [-0.05, 0) is 23.8 Å². The average Bonchev–Trinajstić information content (AvgIpc) is 2.69. The van der Waals surface area contributed by atoms with E-state index in [1.165, 1.54) is 12.1 Å². The normalized spacial score (nSPS) is 11.5. The van der Waals surface area contributed by atoms with Crippen molar-refractivity contribution in [3.05, 3.63) is 42.9 Å². The molecule has 1 aromatic carbocycles. The molecular weight excluding hydrogens is 214 g/mol. The molecule has 2 N–H and O–H groups in total. The van der Waals surface area contributed by atoms with Gasteiger partial charge in [0.1, 0.15) is 0 Å². The molecule has 1 heterocycles. The van der Waals surface area contributed by atoms with Crippen molar-refractivity contribution in [2.24, 2.45) is 5.14 Å². The van der Waals surface area contributed by atoms with Crippen LogP contribution in [0.4, 0.5) is 0 Å². The largest absolute Gasteiger partial charge is 0.472 e. The number of sulfonamides is 1. The third-order valence-corrected chi connectivity index (χ3v) is 2.97. The molecule has 4 nitrogen and oxygen atoms in total. The minimum Gasteiger partial charge on any atom is -0.472 e. The van der Waals surface area contributed by atoms with Gasteiger partial charge in [-0.25, -0.2) is 13.6 Å². The van der Waals surface area contributed by atoms with Crippen molar-refractivity contribution in [3.8, 4) is 11.1 Å². The van der Waals surface area contributed by atoms with E-state index in [1.807, 2.05) is 0 Å². The molecule has 0 saturated heterocycles. The second kappa shape index (κ2) is 3.52. The van der Waals surface area contributed by atoms with Gasteiger partial charge in [0.05, 0.1) is 17.4 Å². The van der Waals surface area contributed by atoms with E-state index < -0.39 is 10.0 Å². The fraction of sp³-hybridized carbons (Fsp3) is 0. The number of hydrogen-bond acceptors (Lipinski definition) is 3. The maximum atomic E-state index is 11.0. The van der Waals surface area contributed by atoms with Crippen molar-refractivity contribution in [1.82, 2.24) is 0 Å². The lowest BCUT2D eigenvalue weighted by Crippen LogP contribution is -2.11. The van der Waals surface area contributed by atoms with Gasteiger partial charge in [-0.2, -0.15) is 0 Å². The van der Waals surface area contributed by atoms with Gasteiger partial charge in [0.15, 0.2) is 0 Å². The molecule has 0 fully saturated rings. The predicted molar refractivity (Wildman–Crippen MR) is 55.5 cm³/mol. The van der Waals surface area contributed by atoms with Gasteiger partial charge < -0.3 is 4.42 Å². The van der Waals surface area contributed by atoms with Crippen LogP contribution in [0.5, 0.6) is 0 Å². The molecule has 5 heteroatoms. The monoisotopic (exact) mass is 223 g/mol. The molecule has 0 amide bonds. The maximum Gasteiger partial charge on any atom is 0.238 e. The van der Waals surface area contributed by atoms with Gasteiger partial charge in [-0.3, -0.25) is 0 Å². The summed E-state index contributed by atoms with van der Waals surface area (Å²) in [5, 5.41) is 4.98. The lowest BCUT2D eigenvalue weighted by Gasteiger charge is -1.99. The molecule has 0 aliphatic carbocycles. The summed E-state index contributed by atoms with van der Waals surface area (Å²) in [4.78, 5) is 0.106. The molecule has 15 heavy (non-hydrogen) atoms. The SMILES string of the molecule is NS(=O)(=O)c1ccc(-c2ccoc2)cc1. The van der Waals surface area contributed by atoms with Crippen LogP contribution < -0.4 is 5.14 Å². The molecule has 0 unspecified atom stereocenters. The Morgan fingerprint density at radius 1 is 1.00 bits per heavy atom. The number of hydrogen-bond donors (Lipinski definition) is 1. The fourth-order valence-corrected chi connectivity index (χ4v) is 1.78. The zero-order valence-electron chi connectivity index (χ0n) is 7.75. The van der Waals surface area contributed by atoms with E-state index in [4.69, 9.17) is 9.56 Å². The highest BCUT2D eigenvalue weighted by Crippen LogP contribution is 2.20. The summed E-state index contributed by atoms with van der Waals surface area (Å²) >= 11 is 0. The third-order valence-electron chi connectivity index (χ3n) is 2.04. The molecule has 0 bridgehead atoms. The summed E-state index contributed by atoms with van der Waals surface area (Å²) in [6.07, 6.45) is 3.15. The highest BCUT2D eigenvalue weighted by molar-refractivity contribution is 7.89. The first-order valence-corrected chi connectivity index (χ1v) is 5.77. The Morgan fingerprint density at radius 2 is 1.67 bits per heavy atom. The van der Waals surface area contributed by atoms with E-state index in [0.717, 1.165) is 11.1 Å². The second-order valence-electron chi connectivity index (χ2n) is 3.08. The molecule has 2 rings (SSSR count). The molecule has 0 spiro atoms. The Bertz CT molecular complexity index is 541. The first kappa shape index (κ1) is 9.95. The number of furan rings is 1. The topological polar surface area (TPSA) is 73.3 Å². The van der Waals surface area contributed by atoms with Crippen LogP contribution in [0.3, 0.4) is 0 Å². The zero-order valence-corrected chi connectivity index (χ0v) is 8.57. The lowest BCUT2D eigenvalue weighted by atomic mass is 10.1. The van der Waals surface area contributed by atoms with Crippen molar-refractivity contribution in [3.63, 3.8) is 0 Å². The average molecular weight is 223 g/mol. The van der Waals surface area contributed by atoms with Crippen LogP contribution in [0.2, 0.25) is 0 Å². The Kier molecular flexibility index (Phi) is 2.34. The highest BCUT2D eigenvalue weighted by Gasteiger charge is 2.07. The first-order chi connectivity index (χ1) is 7.07. The molecule has 1 aromatic heterocycles. The van der Waals surface area contributed by atoms with E-state index in [-0.39, 0.29) is 4.90 Å². The van der Waals surface area contributed by atoms with E-state index >= 15 is 0 Å².